The van der Waals surface area contributed by atoms with Crippen LogP contribution in [-0.2, 0) is 11.0 Å². The Balaban J connectivity index is 1.29. The van der Waals surface area contributed by atoms with E-state index in [0.29, 0.717) is 23.4 Å². The molecule has 12 heteroatoms. The van der Waals surface area contributed by atoms with E-state index in [2.05, 4.69) is 20.6 Å². The minimum absolute atomic E-state index is 0.000305. The molecular formula is C28H28F3N7O2. The van der Waals surface area contributed by atoms with Gasteiger partial charge < -0.3 is 21.3 Å². The molecule has 1 aromatic carbocycles. The molecule has 1 aliphatic heterocycles. The number of aromatic nitrogens is 2. The lowest BCUT2D eigenvalue weighted by atomic mass is 9.98. The van der Waals surface area contributed by atoms with Crippen LogP contribution >= 0.6 is 0 Å². The largest absolute Gasteiger partial charge is 0.416 e. The molecule has 2 amide bonds. The lowest BCUT2D eigenvalue weighted by molar-refractivity contribution is -0.137. The fraction of sp³-hybridized carbons (Fsp3) is 0.321. The van der Waals surface area contributed by atoms with Gasteiger partial charge in [-0.1, -0.05) is 12.1 Å². The molecule has 1 aliphatic carbocycles. The fourth-order valence-corrected chi connectivity index (χ4v) is 4.76. The molecule has 1 saturated carbocycles. The summed E-state index contributed by atoms with van der Waals surface area (Å²) in [5, 5.41) is 14.7. The summed E-state index contributed by atoms with van der Waals surface area (Å²) in [6.07, 6.45) is 1.63. The second-order valence-corrected chi connectivity index (χ2v) is 9.99. The number of rotatable bonds is 7. The smallest absolute Gasteiger partial charge is 0.383 e. The van der Waals surface area contributed by atoms with Crippen molar-refractivity contribution in [2.24, 2.45) is 5.92 Å². The van der Waals surface area contributed by atoms with Crippen LogP contribution in [-0.4, -0.2) is 51.5 Å². The van der Waals surface area contributed by atoms with Crippen molar-refractivity contribution >= 4 is 34.8 Å². The Kier molecular flexibility index (Phi) is 7.42. The zero-order chi connectivity index (χ0) is 28.4. The number of nitrogens with two attached hydrogens (primary N) is 1. The molecule has 0 unspecified atom stereocenters. The number of likely N-dealkylation sites (tertiary alicyclic amines) is 1. The van der Waals surface area contributed by atoms with Crippen LogP contribution in [0.1, 0.15) is 52.7 Å². The Morgan fingerprint density at radius 2 is 1.70 bits per heavy atom. The number of amides is 2. The van der Waals surface area contributed by atoms with E-state index in [1.54, 1.807) is 24.4 Å². The van der Waals surface area contributed by atoms with Crippen LogP contribution in [0.5, 0.6) is 0 Å². The molecule has 9 nitrogen and oxygen atoms in total. The fourth-order valence-electron chi connectivity index (χ4n) is 4.76. The van der Waals surface area contributed by atoms with Crippen LogP contribution in [0.4, 0.5) is 30.5 Å². The average molecular weight is 552 g/mol. The van der Waals surface area contributed by atoms with Crippen LogP contribution < -0.4 is 16.4 Å². The normalized spacial score (nSPS) is 17.3. The Bertz CT molecular complexity index is 1440. The van der Waals surface area contributed by atoms with Crippen molar-refractivity contribution in [3.8, 4) is 0 Å². The minimum atomic E-state index is -4.56. The van der Waals surface area contributed by atoms with Gasteiger partial charge in [-0.3, -0.25) is 15.0 Å². The summed E-state index contributed by atoms with van der Waals surface area (Å²) < 4.78 is 38.9. The summed E-state index contributed by atoms with van der Waals surface area (Å²) >= 11 is 0. The maximum Gasteiger partial charge on any atom is 0.416 e. The van der Waals surface area contributed by atoms with E-state index in [4.69, 9.17) is 11.1 Å². The summed E-state index contributed by atoms with van der Waals surface area (Å²) in [5.41, 5.74) is 7.02. The molecule has 40 heavy (non-hydrogen) atoms. The van der Waals surface area contributed by atoms with Gasteiger partial charge >= 0.3 is 6.18 Å². The average Bonchev–Trinajstić information content (AvgIpc) is 3.78. The lowest BCUT2D eigenvalue weighted by Gasteiger charge is -2.34. The molecule has 3 aromatic rings. The van der Waals surface area contributed by atoms with E-state index in [1.165, 1.54) is 12.1 Å². The number of halogens is 3. The van der Waals surface area contributed by atoms with Gasteiger partial charge in [0.1, 0.15) is 11.6 Å². The highest BCUT2D eigenvalue weighted by molar-refractivity contribution is 6.17. The van der Waals surface area contributed by atoms with Crippen LogP contribution in [0.25, 0.3) is 0 Å². The van der Waals surface area contributed by atoms with E-state index in [-0.39, 0.29) is 40.8 Å². The maximum atomic E-state index is 13.0. The van der Waals surface area contributed by atoms with Crippen molar-refractivity contribution in [2.75, 3.05) is 29.5 Å². The first kappa shape index (κ1) is 27.1. The topological polar surface area (TPSA) is 137 Å². The molecule has 208 valence electrons. The highest BCUT2D eigenvalue weighted by Crippen LogP contribution is 2.33. The highest BCUT2D eigenvalue weighted by atomic mass is 19.4. The van der Waals surface area contributed by atoms with Crippen molar-refractivity contribution in [1.82, 2.24) is 14.9 Å². The first-order chi connectivity index (χ1) is 19.1. The quantitative estimate of drug-likeness (QED) is 0.318. The van der Waals surface area contributed by atoms with Crippen LogP contribution in [0.15, 0.2) is 54.9 Å². The number of benzene rings is 1. The molecule has 0 bridgehead atoms. The van der Waals surface area contributed by atoms with Gasteiger partial charge in [-0.2, -0.15) is 13.2 Å². The summed E-state index contributed by atoms with van der Waals surface area (Å²) in [5.74, 6) is -0.340. The van der Waals surface area contributed by atoms with Crippen molar-refractivity contribution in [3.63, 3.8) is 0 Å². The van der Waals surface area contributed by atoms with Gasteiger partial charge in [-0.05, 0) is 56.0 Å². The molecule has 2 aliphatic rings. The molecule has 0 radical (unpaired) electrons. The summed E-state index contributed by atoms with van der Waals surface area (Å²) in [6.45, 7) is 1.33. The Morgan fingerprint density at radius 3 is 2.40 bits per heavy atom. The van der Waals surface area contributed by atoms with Gasteiger partial charge in [0.25, 0.3) is 5.91 Å². The number of pyridine rings is 2. The first-order valence-electron chi connectivity index (χ1n) is 12.9. The summed E-state index contributed by atoms with van der Waals surface area (Å²) in [7, 11) is 0. The van der Waals surface area contributed by atoms with Gasteiger partial charge in [-0.25, -0.2) is 9.97 Å². The third-order valence-electron chi connectivity index (χ3n) is 7.01. The highest BCUT2D eigenvalue weighted by Gasteiger charge is 2.35. The second kappa shape index (κ2) is 10.9. The molecule has 5 rings (SSSR count). The van der Waals surface area contributed by atoms with E-state index in [9.17, 15) is 22.8 Å². The van der Waals surface area contributed by atoms with E-state index in [0.717, 1.165) is 50.6 Å². The van der Waals surface area contributed by atoms with Crippen molar-refractivity contribution in [3.05, 3.63) is 77.1 Å². The molecule has 0 spiro atoms. The third-order valence-corrected chi connectivity index (χ3v) is 7.01. The molecule has 1 saturated heterocycles. The molecule has 5 N–H and O–H groups in total. The summed E-state index contributed by atoms with van der Waals surface area (Å²) in [4.78, 5) is 35.0. The monoisotopic (exact) mass is 551 g/mol. The van der Waals surface area contributed by atoms with Gasteiger partial charge in [-0.15, -0.1) is 0 Å². The van der Waals surface area contributed by atoms with Crippen molar-refractivity contribution in [1.29, 1.82) is 5.41 Å². The molecule has 2 aromatic heterocycles. The molecule has 1 atom stereocenters. The molecular weight excluding hydrogens is 523 g/mol. The Labute approximate surface area is 228 Å². The first-order valence-corrected chi connectivity index (χ1v) is 12.9. The van der Waals surface area contributed by atoms with Crippen molar-refractivity contribution in [2.45, 2.75) is 37.9 Å². The van der Waals surface area contributed by atoms with Crippen LogP contribution in [0, 0.1) is 11.3 Å². The van der Waals surface area contributed by atoms with Crippen LogP contribution in [0.2, 0.25) is 0 Å². The minimum Gasteiger partial charge on any atom is -0.383 e. The second-order valence-electron chi connectivity index (χ2n) is 9.99. The number of nitrogens with one attached hydrogen (secondary N) is 3. The van der Waals surface area contributed by atoms with Gasteiger partial charge in [0, 0.05) is 54.3 Å². The van der Waals surface area contributed by atoms with Gasteiger partial charge in [0.15, 0.2) is 0 Å². The van der Waals surface area contributed by atoms with Crippen LogP contribution in [0.3, 0.4) is 0 Å². The van der Waals surface area contributed by atoms with E-state index >= 15 is 0 Å². The van der Waals surface area contributed by atoms with E-state index < -0.39 is 17.6 Å². The Morgan fingerprint density at radius 1 is 1.00 bits per heavy atom. The maximum absolute atomic E-state index is 13.0. The van der Waals surface area contributed by atoms with Crippen molar-refractivity contribution < 1.29 is 22.8 Å². The zero-order valence-electron chi connectivity index (χ0n) is 21.5. The zero-order valence-corrected chi connectivity index (χ0v) is 21.5. The standard InChI is InChI=1S/C28H28F3N7O2/c29-28(30,31)19-9-11-34-22(14-19)37-26(39)17-5-3-16(4-6-17)24(32)23-21(10-12-35-25(23)33)36-20-2-1-13-38(15-20)27(40)18-7-8-18/h3-6,9-12,14,18,20,32H,1-2,7-8,13,15H2,(H3,33,35,36)(H,34,37,39)/t20-/m1/s1. The molecule has 2 fully saturated rings. The molecule has 3 heterocycles. The number of carbonyl (C=O) groups is 2. The van der Waals surface area contributed by atoms with Gasteiger partial charge in [0.05, 0.1) is 16.8 Å². The van der Waals surface area contributed by atoms with Gasteiger partial charge in [0.2, 0.25) is 5.91 Å². The number of carbonyl (C=O) groups excluding carboxylic acids is 2. The Hall–Kier alpha value is -4.48. The number of nitrogens with zero attached hydrogens (tertiary/aromatic N) is 3. The third kappa shape index (κ3) is 6.05. The summed E-state index contributed by atoms with van der Waals surface area (Å²) in [6, 6.07) is 9.37. The number of piperidine rings is 1. The number of hydrogen-bond donors (Lipinski definition) is 4. The number of hydrogen-bond acceptors (Lipinski definition) is 7. The predicted octanol–water partition coefficient (Wildman–Crippen LogP) is 4.56. The predicted molar refractivity (Wildman–Crippen MR) is 144 cm³/mol. The van der Waals surface area contributed by atoms with E-state index in [1.807, 2.05) is 4.90 Å². The number of alkyl halides is 3. The number of nitrogen functional groups attached to an aromatic ring is 1. The SMILES string of the molecule is N=C(c1ccc(C(=O)Nc2cc(C(F)(F)F)ccn2)cc1)c1c(N[C@@H]2CCCN(C(=O)C3CC3)C2)ccnc1N. The number of anilines is 3. The lowest BCUT2D eigenvalue weighted by Crippen LogP contribution is -2.45.